The predicted molar refractivity (Wildman–Crippen MR) is 113 cm³/mol. The van der Waals surface area contributed by atoms with Crippen molar-refractivity contribution in [1.82, 2.24) is 4.98 Å². The van der Waals surface area contributed by atoms with E-state index in [1.165, 1.54) is 14.2 Å². The number of carbonyl (C=O) groups is 2. The molecule has 2 heterocycles. The van der Waals surface area contributed by atoms with Crippen molar-refractivity contribution in [2.75, 3.05) is 32.5 Å². The molecule has 0 saturated carbocycles. The highest BCUT2D eigenvalue weighted by atomic mass is 16.5. The molecule has 0 radical (unpaired) electrons. The molecule has 0 aliphatic carbocycles. The zero-order valence-corrected chi connectivity index (χ0v) is 17.7. The van der Waals surface area contributed by atoms with Gasteiger partial charge in [-0.3, -0.25) is 0 Å². The lowest BCUT2D eigenvalue weighted by Gasteiger charge is -2.31. The number of rotatable bonds is 4. The largest absolute Gasteiger partial charge is 0.466 e. The molecule has 8 nitrogen and oxygen atoms in total. The molecule has 1 aliphatic rings. The molecule has 31 heavy (non-hydrogen) atoms. The topological polar surface area (TPSA) is 91.1 Å². The normalized spacial score (nSPS) is 14.1. The molecular formula is C23H22N2O6. The lowest BCUT2D eigenvalue weighted by Crippen LogP contribution is -2.38. The van der Waals surface area contributed by atoms with Gasteiger partial charge in [-0.05, 0) is 43.7 Å². The Bertz CT molecular complexity index is 1190. The molecule has 0 bridgehead atoms. The van der Waals surface area contributed by atoms with Crippen molar-refractivity contribution in [3.63, 3.8) is 0 Å². The fourth-order valence-electron chi connectivity index (χ4n) is 3.50. The molecule has 8 heteroatoms. The van der Waals surface area contributed by atoms with E-state index in [1.54, 1.807) is 11.0 Å². The first-order valence-electron chi connectivity index (χ1n) is 9.66. The van der Waals surface area contributed by atoms with E-state index in [0.29, 0.717) is 22.7 Å². The zero-order chi connectivity index (χ0) is 22.1. The maximum Gasteiger partial charge on any atom is 0.355 e. The molecule has 0 saturated heterocycles. The van der Waals surface area contributed by atoms with Crippen molar-refractivity contribution in [3.8, 4) is 11.5 Å². The minimum atomic E-state index is -0.651. The van der Waals surface area contributed by atoms with Gasteiger partial charge < -0.3 is 23.5 Å². The number of oxazole rings is 1. The van der Waals surface area contributed by atoms with E-state index >= 15 is 0 Å². The first-order valence-corrected chi connectivity index (χ1v) is 9.66. The molecule has 1 aromatic heterocycles. The van der Waals surface area contributed by atoms with Crippen LogP contribution in [0.3, 0.4) is 0 Å². The van der Waals surface area contributed by atoms with Crippen LogP contribution in [0.1, 0.15) is 11.1 Å². The monoisotopic (exact) mass is 422 g/mol. The fourth-order valence-corrected chi connectivity index (χ4v) is 3.50. The van der Waals surface area contributed by atoms with E-state index in [1.807, 2.05) is 44.2 Å². The summed E-state index contributed by atoms with van der Waals surface area (Å²) in [5, 5.41) is 0. The summed E-state index contributed by atoms with van der Waals surface area (Å²) in [7, 11) is 2.51. The second kappa shape index (κ2) is 8.23. The summed E-state index contributed by atoms with van der Waals surface area (Å²) in [6.45, 7) is 3.93. The van der Waals surface area contributed by atoms with Crippen LogP contribution in [0, 0.1) is 13.8 Å². The second-order valence-electron chi connectivity index (χ2n) is 7.21. The number of hydrogen-bond acceptors (Lipinski definition) is 8. The van der Waals surface area contributed by atoms with Crippen molar-refractivity contribution < 1.29 is 28.2 Å². The van der Waals surface area contributed by atoms with Crippen LogP contribution in [0.5, 0.6) is 0 Å². The van der Waals surface area contributed by atoms with E-state index in [-0.39, 0.29) is 24.6 Å². The molecule has 0 atom stereocenters. The molecule has 160 valence electrons. The third-order valence-corrected chi connectivity index (χ3v) is 5.10. The first kappa shape index (κ1) is 20.6. The van der Waals surface area contributed by atoms with Crippen molar-refractivity contribution in [2.24, 2.45) is 0 Å². The molecule has 1 aliphatic heterocycles. The first-order chi connectivity index (χ1) is 14.9. The lowest BCUT2D eigenvalue weighted by molar-refractivity contribution is -0.140. The number of aromatic nitrogens is 1. The molecule has 0 N–H and O–H groups in total. The minimum Gasteiger partial charge on any atom is -0.466 e. The number of carbonyl (C=O) groups excluding carboxylic acids is 2. The van der Waals surface area contributed by atoms with E-state index in [2.05, 4.69) is 4.98 Å². The molecule has 3 aromatic rings. The van der Waals surface area contributed by atoms with E-state index < -0.39 is 11.9 Å². The van der Waals surface area contributed by atoms with Gasteiger partial charge in [-0.2, -0.15) is 0 Å². The number of benzene rings is 2. The van der Waals surface area contributed by atoms with Crippen LogP contribution in [-0.2, 0) is 23.8 Å². The van der Waals surface area contributed by atoms with Crippen LogP contribution < -0.4 is 4.90 Å². The number of esters is 2. The second-order valence-corrected chi connectivity index (χ2v) is 7.21. The fraction of sp³-hybridized carbons (Fsp3) is 0.261. The summed E-state index contributed by atoms with van der Waals surface area (Å²) in [5.74, 6) is -0.794. The van der Waals surface area contributed by atoms with Gasteiger partial charge in [0.1, 0.15) is 17.9 Å². The highest BCUT2D eigenvalue weighted by Crippen LogP contribution is 2.33. The Morgan fingerprint density at radius 3 is 2.42 bits per heavy atom. The van der Waals surface area contributed by atoms with Gasteiger partial charge in [-0.25, -0.2) is 14.6 Å². The van der Waals surface area contributed by atoms with Gasteiger partial charge in [0.25, 0.3) is 0 Å². The minimum absolute atomic E-state index is 0.0453. The standard InChI is InChI=1S/C23H22N2O6/c1-13-5-7-15(8-6-13)21-24-18-10-16(9-14(2)20(18)31-21)25-12-30-11-17(22(26)28-3)19(25)23(27)29-4/h5-10H,11-12H2,1-4H3. The summed E-state index contributed by atoms with van der Waals surface area (Å²) < 4.78 is 21.3. The van der Waals surface area contributed by atoms with E-state index in [9.17, 15) is 9.59 Å². The number of nitrogens with zero attached hydrogens (tertiary/aromatic N) is 2. The Kier molecular flexibility index (Phi) is 5.48. The van der Waals surface area contributed by atoms with Crippen molar-refractivity contribution >= 4 is 28.7 Å². The Hall–Kier alpha value is -3.65. The van der Waals surface area contributed by atoms with Crippen LogP contribution in [0.15, 0.2) is 52.1 Å². The average molecular weight is 422 g/mol. The molecule has 0 amide bonds. The summed E-state index contributed by atoms with van der Waals surface area (Å²) in [5.41, 5.74) is 4.91. The number of methoxy groups -OCH3 is 2. The summed E-state index contributed by atoms with van der Waals surface area (Å²) in [6, 6.07) is 11.5. The molecule has 0 spiro atoms. The van der Waals surface area contributed by atoms with Crippen LogP contribution >= 0.6 is 0 Å². The third kappa shape index (κ3) is 3.77. The quantitative estimate of drug-likeness (QED) is 0.590. The highest BCUT2D eigenvalue weighted by molar-refractivity contribution is 6.03. The third-order valence-electron chi connectivity index (χ3n) is 5.10. The molecule has 0 fully saturated rings. The summed E-state index contributed by atoms with van der Waals surface area (Å²) >= 11 is 0. The van der Waals surface area contributed by atoms with Gasteiger partial charge in [0.15, 0.2) is 5.58 Å². The van der Waals surface area contributed by atoms with Gasteiger partial charge in [0.05, 0.1) is 26.4 Å². The number of anilines is 1. The summed E-state index contributed by atoms with van der Waals surface area (Å²) in [6.07, 6.45) is 0. The Balaban J connectivity index is 1.82. The molecule has 2 aromatic carbocycles. The highest BCUT2D eigenvalue weighted by Gasteiger charge is 2.33. The maximum absolute atomic E-state index is 12.5. The lowest BCUT2D eigenvalue weighted by atomic mass is 10.1. The SMILES string of the molecule is COC(=O)C1=C(C(=O)OC)N(c2cc(C)c3oc(-c4ccc(C)cc4)nc3c2)COC1. The predicted octanol–water partition coefficient (Wildman–Crippen LogP) is 3.51. The molecule has 4 rings (SSSR count). The average Bonchev–Trinajstić information content (AvgIpc) is 3.22. The van der Waals surface area contributed by atoms with Gasteiger partial charge in [0, 0.05) is 11.3 Å². The van der Waals surface area contributed by atoms with Gasteiger partial charge >= 0.3 is 11.9 Å². The van der Waals surface area contributed by atoms with E-state index in [0.717, 1.165) is 16.7 Å². The Morgan fingerprint density at radius 1 is 1.03 bits per heavy atom. The molecular weight excluding hydrogens is 400 g/mol. The number of ether oxygens (including phenoxy) is 3. The van der Waals surface area contributed by atoms with E-state index in [4.69, 9.17) is 18.6 Å². The smallest absolute Gasteiger partial charge is 0.355 e. The number of aryl methyl sites for hydroxylation is 2. The van der Waals surface area contributed by atoms with Gasteiger partial charge in [-0.1, -0.05) is 17.7 Å². The van der Waals surface area contributed by atoms with Gasteiger partial charge in [-0.15, -0.1) is 0 Å². The van der Waals surface area contributed by atoms with Crippen LogP contribution in [0.4, 0.5) is 5.69 Å². The number of fused-ring (bicyclic) bond motifs is 1. The van der Waals surface area contributed by atoms with Gasteiger partial charge in [0.2, 0.25) is 5.89 Å². The van der Waals surface area contributed by atoms with Crippen molar-refractivity contribution in [3.05, 3.63) is 58.8 Å². The van der Waals surface area contributed by atoms with Crippen molar-refractivity contribution in [2.45, 2.75) is 13.8 Å². The van der Waals surface area contributed by atoms with Crippen LogP contribution in [0.25, 0.3) is 22.6 Å². The Labute approximate surface area is 179 Å². The zero-order valence-electron chi connectivity index (χ0n) is 17.7. The summed E-state index contributed by atoms with van der Waals surface area (Å²) in [4.78, 5) is 31.0. The van der Waals surface area contributed by atoms with Crippen LogP contribution in [0.2, 0.25) is 0 Å². The van der Waals surface area contributed by atoms with Crippen LogP contribution in [-0.4, -0.2) is 44.5 Å². The maximum atomic E-state index is 12.5. The number of hydrogen-bond donors (Lipinski definition) is 0. The Morgan fingerprint density at radius 2 is 1.74 bits per heavy atom. The van der Waals surface area contributed by atoms with Crippen molar-refractivity contribution in [1.29, 1.82) is 0 Å². The molecule has 0 unspecified atom stereocenters.